The first-order valence-corrected chi connectivity index (χ1v) is 5.09. The van der Waals surface area contributed by atoms with Crippen LogP contribution in [0.3, 0.4) is 0 Å². The molecular formula is C11H10ClN3O. The topological polar surface area (TPSA) is 61.0 Å². The summed E-state index contributed by atoms with van der Waals surface area (Å²) in [5.41, 5.74) is 6.41. The van der Waals surface area contributed by atoms with Gasteiger partial charge in [0.15, 0.2) is 0 Å². The van der Waals surface area contributed by atoms with Crippen LogP contribution in [-0.4, -0.2) is 9.97 Å². The summed E-state index contributed by atoms with van der Waals surface area (Å²) in [5.74, 6) is 1.25. The molecule has 16 heavy (non-hydrogen) atoms. The van der Waals surface area contributed by atoms with Gasteiger partial charge in [-0.3, -0.25) is 9.97 Å². The lowest BCUT2D eigenvalue weighted by Crippen LogP contribution is -2.00. The second kappa shape index (κ2) is 4.92. The number of rotatable bonds is 3. The highest BCUT2D eigenvalue weighted by Crippen LogP contribution is 2.25. The van der Waals surface area contributed by atoms with Crippen LogP contribution in [0, 0.1) is 0 Å². The maximum Gasteiger partial charge on any atom is 0.147 e. The van der Waals surface area contributed by atoms with E-state index in [1.165, 1.54) is 0 Å². The van der Waals surface area contributed by atoms with E-state index in [-0.39, 0.29) is 0 Å². The van der Waals surface area contributed by atoms with Crippen LogP contribution in [0.1, 0.15) is 5.56 Å². The van der Waals surface area contributed by atoms with Crippen LogP contribution in [0.5, 0.6) is 11.5 Å². The zero-order chi connectivity index (χ0) is 11.4. The molecule has 2 N–H and O–H groups in total. The molecule has 0 saturated heterocycles. The van der Waals surface area contributed by atoms with Gasteiger partial charge < -0.3 is 10.5 Å². The van der Waals surface area contributed by atoms with Crippen molar-refractivity contribution in [2.45, 2.75) is 6.54 Å². The molecule has 0 aliphatic carbocycles. The van der Waals surface area contributed by atoms with E-state index in [2.05, 4.69) is 9.97 Å². The fourth-order valence-electron chi connectivity index (χ4n) is 1.24. The highest BCUT2D eigenvalue weighted by atomic mass is 35.5. The molecule has 2 rings (SSSR count). The Bertz CT molecular complexity index is 490. The van der Waals surface area contributed by atoms with E-state index in [4.69, 9.17) is 22.1 Å². The molecular weight excluding hydrogens is 226 g/mol. The van der Waals surface area contributed by atoms with Gasteiger partial charge in [0, 0.05) is 36.8 Å². The first-order valence-electron chi connectivity index (χ1n) is 4.71. The predicted molar refractivity (Wildman–Crippen MR) is 61.4 cm³/mol. The molecule has 0 fully saturated rings. The van der Waals surface area contributed by atoms with Gasteiger partial charge in [0.25, 0.3) is 0 Å². The minimum atomic E-state index is 0.372. The fourth-order valence-corrected chi connectivity index (χ4v) is 1.41. The van der Waals surface area contributed by atoms with Crippen LogP contribution < -0.4 is 10.5 Å². The average Bonchev–Trinajstić information content (AvgIpc) is 2.30. The largest absolute Gasteiger partial charge is 0.455 e. The summed E-state index contributed by atoms with van der Waals surface area (Å²) < 4.78 is 5.61. The van der Waals surface area contributed by atoms with Crippen molar-refractivity contribution in [1.29, 1.82) is 0 Å². The Kier molecular flexibility index (Phi) is 3.34. The lowest BCUT2D eigenvalue weighted by molar-refractivity contribution is 0.473. The van der Waals surface area contributed by atoms with Gasteiger partial charge in [0.1, 0.15) is 11.5 Å². The number of hydrogen-bond donors (Lipinski definition) is 1. The SMILES string of the molecule is NCc1cnccc1Oc1cncc(Cl)c1. The zero-order valence-corrected chi connectivity index (χ0v) is 9.19. The molecule has 0 radical (unpaired) electrons. The van der Waals surface area contributed by atoms with Crippen molar-refractivity contribution in [3.8, 4) is 11.5 Å². The number of halogens is 1. The van der Waals surface area contributed by atoms with Crippen molar-refractivity contribution in [1.82, 2.24) is 9.97 Å². The zero-order valence-electron chi connectivity index (χ0n) is 8.43. The Morgan fingerprint density at radius 3 is 2.88 bits per heavy atom. The average molecular weight is 236 g/mol. The third kappa shape index (κ3) is 2.48. The Hall–Kier alpha value is -1.65. The molecule has 0 unspecified atom stereocenters. The van der Waals surface area contributed by atoms with Crippen LogP contribution in [0.4, 0.5) is 0 Å². The molecule has 4 nitrogen and oxygen atoms in total. The minimum Gasteiger partial charge on any atom is -0.455 e. The standard InChI is InChI=1S/C11H10ClN3O/c12-9-3-10(7-15-6-9)16-11-1-2-14-5-8(11)4-13/h1-3,5-7H,4,13H2. The molecule has 0 saturated carbocycles. The summed E-state index contributed by atoms with van der Waals surface area (Å²) in [5, 5.41) is 0.529. The van der Waals surface area contributed by atoms with E-state index in [0.717, 1.165) is 5.56 Å². The number of hydrogen-bond acceptors (Lipinski definition) is 4. The van der Waals surface area contributed by atoms with E-state index in [9.17, 15) is 0 Å². The molecule has 0 amide bonds. The molecule has 0 spiro atoms. The molecule has 0 aliphatic heterocycles. The first kappa shape index (κ1) is 10.9. The monoisotopic (exact) mass is 235 g/mol. The summed E-state index contributed by atoms with van der Waals surface area (Å²) in [4.78, 5) is 7.91. The lowest BCUT2D eigenvalue weighted by Gasteiger charge is -2.08. The van der Waals surface area contributed by atoms with Crippen LogP contribution in [0.25, 0.3) is 0 Å². The van der Waals surface area contributed by atoms with Crippen molar-refractivity contribution >= 4 is 11.6 Å². The van der Waals surface area contributed by atoms with Gasteiger partial charge in [-0.2, -0.15) is 0 Å². The van der Waals surface area contributed by atoms with E-state index < -0.39 is 0 Å². The van der Waals surface area contributed by atoms with Crippen molar-refractivity contribution in [2.24, 2.45) is 5.73 Å². The van der Waals surface area contributed by atoms with Gasteiger partial charge in [-0.1, -0.05) is 11.6 Å². The van der Waals surface area contributed by atoms with E-state index in [1.54, 1.807) is 36.9 Å². The van der Waals surface area contributed by atoms with Gasteiger partial charge in [0.05, 0.1) is 11.2 Å². The first-order chi connectivity index (χ1) is 7.79. The Morgan fingerprint density at radius 2 is 2.12 bits per heavy atom. The normalized spacial score (nSPS) is 10.1. The van der Waals surface area contributed by atoms with Crippen LogP contribution in [0.15, 0.2) is 36.9 Å². The molecule has 0 aromatic carbocycles. The van der Waals surface area contributed by atoms with Gasteiger partial charge in [-0.05, 0) is 6.07 Å². The number of nitrogens with zero attached hydrogens (tertiary/aromatic N) is 2. The molecule has 0 atom stereocenters. The fraction of sp³-hybridized carbons (Fsp3) is 0.0909. The second-order valence-electron chi connectivity index (χ2n) is 3.13. The Balaban J connectivity index is 2.26. The summed E-state index contributed by atoms with van der Waals surface area (Å²) in [6.07, 6.45) is 6.46. The number of ether oxygens (including phenoxy) is 1. The Morgan fingerprint density at radius 1 is 1.25 bits per heavy atom. The third-order valence-corrected chi connectivity index (χ3v) is 2.19. The van der Waals surface area contributed by atoms with Gasteiger partial charge in [0.2, 0.25) is 0 Å². The lowest BCUT2D eigenvalue weighted by atomic mass is 10.2. The summed E-state index contributed by atoms with van der Waals surface area (Å²) in [6, 6.07) is 3.44. The van der Waals surface area contributed by atoms with E-state index >= 15 is 0 Å². The molecule has 2 aromatic heterocycles. The molecule has 82 valence electrons. The van der Waals surface area contributed by atoms with Crippen LogP contribution in [0.2, 0.25) is 5.02 Å². The molecule has 2 aromatic rings. The maximum absolute atomic E-state index is 5.81. The van der Waals surface area contributed by atoms with Crippen LogP contribution in [-0.2, 0) is 6.54 Å². The summed E-state index contributed by atoms with van der Waals surface area (Å²) in [7, 11) is 0. The number of aromatic nitrogens is 2. The molecule has 0 bridgehead atoms. The third-order valence-electron chi connectivity index (χ3n) is 1.99. The van der Waals surface area contributed by atoms with Crippen molar-refractivity contribution in [2.75, 3.05) is 0 Å². The predicted octanol–water partition coefficient (Wildman–Crippen LogP) is 2.38. The van der Waals surface area contributed by atoms with Gasteiger partial charge in [-0.15, -0.1) is 0 Å². The van der Waals surface area contributed by atoms with Crippen molar-refractivity contribution in [3.63, 3.8) is 0 Å². The molecule has 0 aliphatic rings. The highest BCUT2D eigenvalue weighted by molar-refractivity contribution is 6.30. The number of pyridine rings is 2. The summed E-state index contributed by atoms with van der Waals surface area (Å²) in [6.45, 7) is 0.372. The van der Waals surface area contributed by atoms with Gasteiger partial charge >= 0.3 is 0 Å². The van der Waals surface area contributed by atoms with Crippen molar-refractivity contribution in [3.05, 3.63) is 47.5 Å². The molecule has 5 heteroatoms. The quantitative estimate of drug-likeness (QED) is 0.887. The molecule has 2 heterocycles. The highest BCUT2D eigenvalue weighted by Gasteiger charge is 2.03. The number of nitrogens with two attached hydrogens (primary N) is 1. The van der Waals surface area contributed by atoms with Gasteiger partial charge in [-0.25, -0.2) is 0 Å². The van der Waals surface area contributed by atoms with E-state index in [0.29, 0.717) is 23.1 Å². The van der Waals surface area contributed by atoms with E-state index in [1.807, 2.05) is 0 Å². The maximum atomic E-state index is 5.81. The smallest absolute Gasteiger partial charge is 0.147 e. The summed E-state index contributed by atoms with van der Waals surface area (Å²) >= 11 is 5.81. The van der Waals surface area contributed by atoms with Crippen molar-refractivity contribution < 1.29 is 4.74 Å². The minimum absolute atomic E-state index is 0.372. The Labute approximate surface area is 98.0 Å². The van der Waals surface area contributed by atoms with Crippen LogP contribution >= 0.6 is 11.6 Å². The second-order valence-corrected chi connectivity index (χ2v) is 3.56.